The Morgan fingerprint density at radius 1 is 1.17 bits per heavy atom. The van der Waals surface area contributed by atoms with Crippen molar-refractivity contribution >= 4 is 21.6 Å². The highest BCUT2D eigenvalue weighted by Crippen LogP contribution is 2.35. The minimum atomic E-state index is -3.53. The van der Waals surface area contributed by atoms with Gasteiger partial charge in [0.1, 0.15) is 5.75 Å². The van der Waals surface area contributed by atoms with Crippen molar-refractivity contribution in [3.05, 3.63) is 58.7 Å². The molecule has 6 nitrogen and oxygen atoms in total. The number of fused-ring (bicyclic) bond motifs is 1. The topological polar surface area (TPSA) is 75.7 Å². The monoisotopic (exact) mass is 416 g/mol. The fourth-order valence-electron chi connectivity index (χ4n) is 3.59. The molecule has 0 aromatic heterocycles. The molecule has 1 heterocycles. The standard InChI is InChI=1S/C22H28N2O4S/c1-6-29(26,27)24-13-21(28-20-10-8-7-9-19(20)24)22(25)23-17(5)18-12-15(3)14(2)11-16(18)4/h7-12,17,21H,6,13H2,1-5H3,(H,23,25)/t17-,21+/m1/s1. The predicted molar refractivity (Wildman–Crippen MR) is 115 cm³/mol. The van der Waals surface area contributed by atoms with E-state index in [2.05, 4.69) is 24.4 Å². The number of anilines is 1. The van der Waals surface area contributed by atoms with Crippen LogP contribution in [0.4, 0.5) is 5.69 Å². The molecule has 0 unspecified atom stereocenters. The lowest BCUT2D eigenvalue weighted by Gasteiger charge is -2.35. The molecule has 1 aliphatic rings. The number of amides is 1. The van der Waals surface area contributed by atoms with E-state index < -0.39 is 16.1 Å². The largest absolute Gasteiger partial charge is 0.476 e. The molecule has 0 aliphatic carbocycles. The number of hydrogen-bond acceptors (Lipinski definition) is 4. The first-order valence-corrected chi connectivity index (χ1v) is 11.4. The Hall–Kier alpha value is -2.54. The van der Waals surface area contributed by atoms with Gasteiger partial charge >= 0.3 is 0 Å². The van der Waals surface area contributed by atoms with Crippen LogP contribution in [0.1, 0.15) is 42.1 Å². The van der Waals surface area contributed by atoms with Crippen molar-refractivity contribution in [2.24, 2.45) is 0 Å². The average molecular weight is 417 g/mol. The second kappa shape index (κ2) is 8.06. The summed E-state index contributed by atoms with van der Waals surface area (Å²) in [5, 5.41) is 2.99. The number of benzene rings is 2. The third kappa shape index (κ3) is 4.24. The van der Waals surface area contributed by atoms with Crippen LogP contribution >= 0.6 is 0 Å². The summed E-state index contributed by atoms with van der Waals surface area (Å²) in [4.78, 5) is 13.0. The molecule has 3 rings (SSSR count). The predicted octanol–water partition coefficient (Wildman–Crippen LogP) is 3.41. The van der Waals surface area contributed by atoms with E-state index in [9.17, 15) is 13.2 Å². The van der Waals surface area contributed by atoms with Crippen LogP contribution in [0.25, 0.3) is 0 Å². The number of sulfonamides is 1. The first kappa shape index (κ1) is 21.2. The zero-order valence-corrected chi connectivity index (χ0v) is 18.3. The summed E-state index contributed by atoms with van der Waals surface area (Å²) in [6, 6.07) is 10.9. The Morgan fingerprint density at radius 2 is 1.83 bits per heavy atom. The molecule has 0 saturated carbocycles. The van der Waals surface area contributed by atoms with Crippen LogP contribution in [0.5, 0.6) is 5.75 Å². The lowest BCUT2D eigenvalue weighted by molar-refractivity contribution is -0.128. The van der Waals surface area contributed by atoms with Gasteiger partial charge in [0.05, 0.1) is 24.0 Å². The SMILES string of the molecule is CCS(=O)(=O)N1C[C@@H](C(=O)N[C@H](C)c2cc(C)c(C)cc2C)Oc2ccccc21. The molecule has 1 N–H and O–H groups in total. The Balaban J connectivity index is 1.84. The van der Waals surface area contributed by atoms with Crippen LogP contribution in [0.2, 0.25) is 0 Å². The quantitative estimate of drug-likeness (QED) is 0.811. The van der Waals surface area contributed by atoms with Gasteiger partial charge in [0.15, 0.2) is 6.10 Å². The van der Waals surface area contributed by atoms with Gasteiger partial charge in [-0.15, -0.1) is 0 Å². The summed E-state index contributed by atoms with van der Waals surface area (Å²) >= 11 is 0. The molecule has 0 spiro atoms. The molecule has 2 atom stereocenters. The third-order valence-corrected chi connectivity index (χ3v) is 7.18. The molecular weight excluding hydrogens is 388 g/mol. The van der Waals surface area contributed by atoms with Crippen molar-refractivity contribution in [3.8, 4) is 5.75 Å². The molecule has 7 heteroatoms. The number of aryl methyl sites for hydroxylation is 3. The lowest BCUT2D eigenvalue weighted by atomic mass is 9.96. The van der Waals surface area contributed by atoms with Crippen LogP contribution < -0.4 is 14.4 Å². The molecule has 0 saturated heterocycles. The summed E-state index contributed by atoms with van der Waals surface area (Å²) in [6.45, 7) is 9.59. The smallest absolute Gasteiger partial charge is 0.263 e. The second-order valence-corrected chi connectivity index (χ2v) is 9.71. The summed E-state index contributed by atoms with van der Waals surface area (Å²) in [6.07, 6.45) is -0.916. The molecular formula is C22H28N2O4S. The Bertz CT molecular complexity index is 1030. The van der Waals surface area contributed by atoms with Crippen molar-refractivity contribution in [1.82, 2.24) is 5.32 Å². The molecule has 2 aromatic rings. The highest BCUT2D eigenvalue weighted by atomic mass is 32.2. The first-order chi connectivity index (χ1) is 13.6. The third-order valence-electron chi connectivity index (χ3n) is 5.44. The summed E-state index contributed by atoms with van der Waals surface area (Å²) in [7, 11) is -3.53. The molecule has 156 valence electrons. The van der Waals surface area contributed by atoms with Gasteiger partial charge in [-0.1, -0.05) is 24.3 Å². The molecule has 29 heavy (non-hydrogen) atoms. The summed E-state index contributed by atoms with van der Waals surface area (Å²) in [5.74, 6) is 0.0142. The van der Waals surface area contributed by atoms with E-state index in [-0.39, 0.29) is 24.2 Å². The number of nitrogens with one attached hydrogen (secondary N) is 1. The van der Waals surface area contributed by atoms with Gasteiger partial charge in [0.2, 0.25) is 10.0 Å². The van der Waals surface area contributed by atoms with E-state index in [1.165, 1.54) is 9.87 Å². The number of hydrogen-bond donors (Lipinski definition) is 1. The number of carbonyl (C=O) groups is 1. The van der Waals surface area contributed by atoms with Gasteiger partial charge < -0.3 is 10.1 Å². The average Bonchev–Trinajstić information content (AvgIpc) is 2.69. The minimum Gasteiger partial charge on any atom is -0.476 e. The van der Waals surface area contributed by atoms with E-state index in [1.54, 1.807) is 31.2 Å². The van der Waals surface area contributed by atoms with E-state index in [1.807, 2.05) is 20.8 Å². The zero-order valence-electron chi connectivity index (χ0n) is 17.5. The number of ether oxygens (including phenoxy) is 1. The highest BCUT2D eigenvalue weighted by Gasteiger charge is 2.36. The molecule has 0 fully saturated rings. The Kier molecular flexibility index (Phi) is 5.89. The number of para-hydroxylation sites is 2. The first-order valence-electron chi connectivity index (χ1n) is 9.78. The van der Waals surface area contributed by atoms with Crippen LogP contribution in [0.15, 0.2) is 36.4 Å². The van der Waals surface area contributed by atoms with Crippen molar-refractivity contribution in [1.29, 1.82) is 0 Å². The maximum Gasteiger partial charge on any atom is 0.263 e. The van der Waals surface area contributed by atoms with Crippen molar-refractivity contribution in [2.45, 2.75) is 46.8 Å². The van der Waals surface area contributed by atoms with Gasteiger partial charge in [-0.2, -0.15) is 0 Å². The van der Waals surface area contributed by atoms with Crippen LogP contribution in [0.3, 0.4) is 0 Å². The van der Waals surface area contributed by atoms with E-state index in [4.69, 9.17) is 4.74 Å². The zero-order chi connectivity index (χ0) is 21.3. The lowest BCUT2D eigenvalue weighted by Crippen LogP contribution is -2.51. The summed E-state index contributed by atoms with van der Waals surface area (Å²) < 4.78 is 32.3. The van der Waals surface area contributed by atoms with E-state index in [0.717, 1.165) is 16.7 Å². The Morgan fingerprint density at radius 3 is 2.52 bits per heavy atom. The van der Waals surface area contributed by atoms with E-state index in [0.29, 0.717) is 11.4 Å². The highest BCUT2D eigenvalue weighted by molar-refractivity contribution is 7.92. The fraction of sp³-hybridized carbons (Fsp3) is 0.409. The fourth-order valence-corrected chi connectivity index (χ4v) is 4.72. The van der Waals surface area contributed by atoms with Gasteiger partial charge in [-0.05, 0) is 69.0 Å². The number of rotatable bonds is 5. The minimum absolute atomic E-state index is 0.0440. The van der Waals surface area contributed by atoms with Crippen molar-refractivity contribution in [2.75, 3.05) is 16.6 Å². The molecule has 1 aliphatic heterocycles. The molecule has 1 amide bonds. The van der Waals surface area contributed by atoms with Crippen LogP contribution in [-0.2, 0) is 14.8 Å². The summed E-state index contributed by atoms with van der Waals surface area (Å²) in [5.41, 5.74) is 4.98. The maximum absolute atomic E-state index is 13.0. The molecule has 0 bridgehead atoms. The van der Waals surface area contributed by atoms with Crippen molar-refractivity contribution < 1.29 is 17.9 Å². The van der Waals surface area contributed by atoms with Gasteiger partial charge in [0, 0.05) is 0 Å². The van der Waals surface area contributed by atoms with Crippen LogP contribution in [0, 0.1) is 20.8 Å². The van der Waals surface area contributed by atoms with Gasteiger partial charge in [-0.25, -0.2) is 8.42 Å². The van der Waals surface area contributed by atoms with Crippen LogP contribution in [-0.4, -0.2) is 32.7 Å². The molecule has 0 radical (unpaired) electrons. The van der Waals surface area contributed by atoms with E-state index >= 15 is 0 Å². The van der Waals surface area contributed by atoms with Gasteiger partial charge in [-0.3, -0.25) is 9.10 Å². The van der Waals surface area contributed by atoms with Gasteiger partial charge in [0.25, 0.3) is 5.91 Å². The van der Waals surface area contributed by atoms with Crippen molar-refractivity contribution in [3.63, 3.8) is 0 Å². The maximum atomic E-state index is 13.0. The number of nitrogens with zero attached hydrogens (tertiary/aromatic N) is 1. The molecule has 2 aromatic carbocycles. The Labute approximate surface area is 172 Å². The second-order valence-electron chi connectivity index (χ2n) is 7.53. The number of carbonyl (C=O) groups excluding carboxylic acids is 1. The normalized spacial score (nSPS) is 17.3.